The molecule has 0 N–H and O–H groups in total. The second-order valence-corrected chi connectivity index (χ2v) is 8.75. The summed E-state index contributed by atoms with van der Waals surface area (Å²) in [7, 11) is 1.72. The zero-order valence-electron chi connectivity index (χ0n) is 19.8. The molecule has 1 aliphatic heterocycles. The molecule has 1 saturated heterocycles. The van der Waals surface area contributed by atoms with Crippen LogP contribution in [-0.2, 0) is 19.4 Å². The summed E-state index contributed by atoms with van der Waals surface area (Å²) >= 11 is 0. The number of aromatic nitrogens is 7. The van der Waals surface area contributed by atoms with Crippen LogP contribution in [0.4, 0.5) is 8.78 Å². The van der Waals surface area contributed by atoms with E-state index in [9.17, 15) is 8.78 Å². The van der Waals surface area contributed by atoms with Crippen molar-refractivity contribution < 1.29 is 8.78 Å². The van der Waals surface area contributed by atoms with Crippen molar-refractivity contribution in [3.63, 3.8) is 0 Å². The third-order valence-electron chi connectivity index (χ3n) is 6.09. The van der Waals surface area contributed by atoms with Gasteiger partial charge in [-0.25, -0.2) is 32.9 Å². The van der Waals surface area contributed by atoms with Gasteiger partial charge in [0.25, 0.3) is 5.92 Å². The predicted molar refractivity (Wildman–Crippen MR) is 127 cm³/mol. The molecule has 182 valence electrons. The standard InChI is InChI=1S/C24H27F2N9/c1-3-5-19-20(12-18-7-10-30-35(18)22-17(13-27-2)6-4-9-28-22)29-16-34-23(19)31-21(32-34)14-33-11-8-24(25,26)15-33/h4,6-7,9-10,13,16H,3,5,8,11-12,14-15H2,1-2H3. The quantitative estimate of drug-likeness (QED) is 0.361. The Morgan fingerprint density at radius 2 is 2.09 bits per heavy atom. The van der Waals surface area contributed by atoms with Crippen molar-refractivity contribution in [2.75, 3.05) is 20.1 Å². The second kappa shape index (κ2) is 9.57. The number of halogens is 2. The molecule has 1 aliphatic rings. The summed E-state index contributed by atoms with van der Waals surface area (Å²) in [6, 6.07) is 5.76. The van der Waals surface area contributed by atoms with Gasteiger partial charge in [0.1, 0.15) is 6.33 Å². The lowest BCUT2D eigenvalue weighted by molar-refractivity contribution is 0.0113. The molecule has 35 heavy (non-hydrogen) atoms. The summed E-state index contributed by atoms with van der Waals surface area (Å²) in [4.78, 5) is 19.8. The first-order chi connectivity index (χ1) is 17.0. The number of nitrogens with zero attached hydrogens (tertiary/aromatic N) is 9. The highest BCUT2D eigenvalue weighted by Crippen LogP contribution is 2.28. The van der Waals surface area contributed by atoms with Crippen molar-refractivity contribution >= 4 is 11.9 Å². The van der Waals surface area contributed by atoms with Crippen molar-refractivity contribution in [3.8, 4) is 5.82 Å². The third-order valence-corrected chi connectivity index (χ3v) is 6.09. The first-order valence-corrected chi connectivity index (χ1v) is 11.7. The molecule has 0 atom stereocenters. The van der Waals surface area contributed by atoms with Crippen LogP contribution in [0.5, 0.6) is 0 Å². The molecule has 4 aromatic heterocycles. The van der Waals surface area contributed by atoms with Crippen molar-refractivity contribution in [1.29, 1.82) is 0 Å². The van der Waals surface area contributed by atoms with Gasteiger partial charge < -0.3 is 0 Å². The fourth-order valence-electron chi connectivity index (χ4n) is 4.51. The number of rotatable bonds is 8. The Morgan fingerprint density at radius 1 is 1.20 bits per heavy atom. The molecule has 0 saturated carbocycles. The number of pyridine rings is 1. The lowest BCUT2D eigenvalue weighted by Crippen LogP contribution is -2.25. The van der Waals surface area contributed by atoms with Gasteiger partial charge in [-0.15, -0.1) is 5.10 Å². The number of aryl methyl sites for hydroxylation is 1. The van der Waals surface area contributed by atoms with Crippen molar-refractivity contribution in [1.82, 2.24) is 39.2 Å². The van der Waals surface area contributed by atoms with Crippen LogP contribution in [0.25, 0.3) is 11.5 Å². The molecule has 0 unspecified atom stereocenters. The Kier molecular flexibility index (Phi) is 6.33. The summed E-state index contributed by atoms with van der Waals surface area (Å²) in [5.74, 6) is -1.41. The van der Waals surface area contributed by atoms with Crippen LogP contribution >= 0.6 is 0 Å². The summed E-state index contributed by atoms with van der Waals surface area (Å²) in [6.45, 7) is 2.49. The topological polar surface area (TPSA) is 89.4 Å². The number of aliphatic imine (C=N–C) groups is 1. The Bertz CT molecular complexity index is 1360. The number of hydrogen-bond donors (Lipinski definition) is 0. The normalized spacial score (nSPS) is 16.1. The Morgan fingerprint density at radius 3 is 2.86 bits per heavy atom. The van der Waals surface area contributed by atoms with Gasteiger partial charge >= 0.3 is 0 Å². The molecule has 0 radical (unpaired) electrons. The first kappa shape index (κ1) is 23.2. The zero-order chi connectivity index (χ0) is 24.4. The highest BCUT2D eigenvalue weighted by molar-refractivity contribution is 5.83. The largest absolute Gasteiger partial charge is 0.296 e. The lowest BCUT2D eigenvalue weighted by atomic mass is 10.1. The molecular formula is C24H27F2N9. The van der Waals surface area contributed by atoms with E-state index in [1.54, 1.807) is 46.1 Å². The summed E-state index contributed by atoms with van der Waals surface area (Å²) in [6.07, 6.45) is 8.98. The SMILES string of the molecule is CCCc1c(Cc2ccnn2-c2ncccc2C=NC)ncn2nc(CN3CCC(F)(F)C3)nc12. The number of alkyl halides is 2. The minimum atomic E-state index is -2.64. The Labute approximate surface area is 201 Å². The fourth-order valence-corrected chi connectivity index (χ4v) is 4.51. The van der Waals surface area contributed by atoms with Crippen LogP contribution < -0.4 is 0 Å². The van der Waals surface area contributed by atoms with E-state index in [-0.39, 0.29) is 13.0 Å². The van der Waals surface area contributed by atoms with Crippen LogP contribution in [0.1, 0.15) is 48.1 Å². The maximum atomic E-state index is 13.6. The Hall–Kier alpha value is -3.60. The molecule has 5 rings (SSSR count). The zero-order valence-corrected chi connectivity index (χ0v) is 19.8. The molecule has 0 amide bonds. The highest BCUT2D eigenvalue weighted by Gasteiger charge is 2.38. The fraction of sp³-hybridized carbons (Fsp3) is 0.417. The second-order valence-electron chi connectivity index (χ2n) is 8.75. The molecule has 0 spiro atoms. The maximum Gasteiger partial charge on any atom is 0.261 e. The van der Waals surface area contributed by atoms with Gasteiger partial charge in [0, 0.05) is 56.2 Å². The summed E-state index contributed by atoms with van der Waals surface area (Å²) in [5, 5.41) is 9.02. The van der Waals surface area contributed by atoms with E-state index in [0.29, 0.717) is 31.2 Å². The number of hydrogen-bond acceptors (Lipinski definition) is 7. The number of likely N-dealkylation sites (tertiary alicyclic amines) is 1. The van der Waals surface area contributed by atoms with E-state index in [4.69, 9.17) is 9.97 Å². The van der Waals surface area contributed by atoms with E-state index >= 15 is 0 Å². The maximum absolute atomic E-state index is 13.6. The van der Waals surface area contributed by atoms with Crippen molar-refractivity contribution in [3.05, 3.63) is 65.3 Å². The highest BCUT2D eigenvalue weighted by atomic mass is 19.3. The Balaban J connectivity index is 1.47. The van der Waals surface area contributed by atoms with Gasteiger partial charge in [0.2, 0.25) is 0 Å². The van der Waals surface area contributed by atoms with Gasteiger partial charge in [0.05, 0.1) is 24.5 Å². The van der Waals surface area contributed by atoms with E-state index < -0.39 is 5.92 Å². The number of fused-ring (bicyclic) bond motifs is 1. The average Bonchev–Trinajstić information content (AvgIpc) is 3.54. The van der Waals surface area contributed by atoms with Crippen molar-refractivity contribution in [2.45, 2.75) is 45.1 Å². The summed E-state index contributed by atoms with van der Waals surface area (Å²) in [5.41, 5.74) is 4.41. The van der Waals surface area contributed by atoms with Crippen LogP contribution in [0.15, 0.2) is 41.9 Å². The molecular weight excluding hydrogens is 452 g/mol. The van der Waals surface area contributed by atoms with Gasteiger partial charge in [0.15, 0.2) is 17.3 Å². The monoisotopic (exact) mass is 479 g/mol. The van der Waals surface area contributed by atoms with Gasteiger partial charge in [-0.1, -0.05) is 13.3 Å². The van der Waals surface area contributed by atoms with E-state index in [1.807, 2.05) is 18.2 Å². The van der Waals surface area contributed by atoms with E-state index in [0.717, 1.165) is 41.0 Å². The van der Waals surface area contributed by atoms with Gasteiger partial charge in [-0.2, -0.15) is 5.10 Å². The van der Waals surface area contributed by atoms with Gasteiger partial charge in [-0.05, 0) is 24.6 Å². The van der Waals surface area contributed by atoms with Crippen LogP contribution in [-0.4, -0.2) is 71.5 Å². The minimum Gasteiger partial charge on any atom is -0.296 e. The van der Waals surface area contributed by atoms with E-state index in [2.05, 4.69) is 27.1 Å². The molecule has 9 nitrogen and oxygen atoms in total. The molecule has 1 fully saturated rings. The molecule has 11 heteroatoms. The molecule has 4 aromatic rings. The smallest absolute Gasteiger partial charge is 0.261 e. The predicted octanol–water partition coefficient (Wildman–Crippen LogP) is 3.14. The molecule has 5 heterocycles. The lowest BCUT2D eigenvalue weighted by Gasteiger charge is -2.12. The first-order valence-electron chi connectivity index (χ1n) is 11.7. The molecule has 0 aromatic carbocycles. The molecule has 0 aliphatic carbocycles. The van der Waals surface area contributed by atoms with Crippen LogP contribution in [0, 0.1) is 0 Å². The molecule has 0 bridgehead atoms. The van der Waals surface area contributed by atoms with Crippen LogP contribution in [0.3, 0.4) is 0 Å². The van der Waals surface area contributed by atoms with Gasteiger partial charge in [-0.3, -0.25) is 9.89 Å². The van der Waals surface area contributed by atoms with Crippen LogP contribution in [0.2, 0.25) is 0 Å². The van der Waals surface area contributed by atoms with E-state index in [1.165, 1.54) is 0 Å². The minimum absolute atomic E-state index is 0.122. The summed E-state index contributed by atoms with van der Waals surface area (Å²) < 4.78 is 30.7. The third kappa shape index (κ3) is 4.81. The van der Waals surface area contributed by atoms with Crippen molar-refractivity contribution in [2.24, 2.45) is 4.99 Å². The average molecular weight is 480 g/mol.